The summed E-state index contributed by atoms with van der Waals surface area (Å²) in [4.78, 5) is 14.4. The SMILES string of the molecule is C/C(=C\C(=O)N(Cc1ccccc1F)C1CC1)c1ccc(F)cc1. The summed E-state index contributed by atoms with van der Waals surface area (Å²) >= 11 is 0. The number of hydrogen-bond donors (Lipinski definition) is 0. The van der Waals surface area contributed by atoms with Gasteiger partial charge in [0.05, 0.1) is 0 Å². The summed E-state index contributed by atoms with van der Waals surface area (Å²) in [7, 11) is 0. The van der Waals surface area contributed by atoms with Gasteiger partial charge in [-0.1, -0.05) is 30.3 Å². The van der Waals surface area contributed by atoms with E-state index >= 15 is 0 Å². The molecule has 3 rings (SSSR count). The minimum atomic E-state index is -0.308. The minimum Gasteiger partial charge on any atom is -0.332 e. The molecule has 124 valence electrons. The van der Waals surface area contributed by atoms with E-state index in [-0.39, 0.29) is 30.1 Å². The predicted octanol–water partition coefficient (Wildman–Crippen LogP) is 4.56. The van der Waals surface area contributed by atoms with Crippen molar-refractivity contribution >= 4 is 11.5 Å². The van der Waals surface area contributed by atoms with Gasteiger partial charge < -0.3 is 4.90 Å². The van der Waals surface area contributed by atoms with Crippen LogP contribution in [0.4, 0.5) is 8.78 Å². The van der Waals surface area contributed by atoms with Crippen LogP contribution < -0.4 is 0 Å². The second kappa shape index (κ2) is 6.95. The average Bonchev–Trinajstić information content (AvgIpc) is 3.39. The predicted molar refractivity (Wildman–Crippen MR) is 90.0 cm³/mol. The van der Waals surface area contributed by atoms with Crippen molar-refractivity contribution in [2.75, 3.05) is 0 Å². The molecular formula is C20H19F2NO. The highest BCUT2D eigenvalue weighted by Gasteiger charge is 2.32. The van der Waals surface area contributed by atoms with E-state index in [1.807, 2.05) is 6.92 Å². The summed E-state index contributed by atoms with van der Waals surface area (Å²) in [6.45, 7) is 2.09. The van der Waals surface area contributed by atoms with Crippen LogP contribution in [0.1, 0.15) is 30.9 Å². The van der Waals surface area contributed by atoms with E-state index in [9.17, 15) is 13.6 Å². The molecule has 0 saturated heterocycles. The highest BCUT2D eigenvalue weighted by molar-refractivity contribution is 5.95. The van der Waals surface area contributed by atoms with Crippen LogP contribution in [0.3, 0.4) is 0 Å². The van der Waals surface area contributed by atoms with Crippen molar-refractivity contribution in [2.24, 2.45) is 0 Å². The maximum absolute atomic E-state index is 13.9. The Morgan fingerprint density at radius 1 is 1.12 bits per heavy atom. The van der Waals surface area contributed by atoms with Crippen molar-refractivity contribution < 1.29 is 13.6 Å². The van der Waals surface area contributed by atoms with Crippen molar-refractivity contribution in [3.63, 3.8) is 0 Å². The van der Waals surface area contributed by atoms with E-state index in [1.165, 1.54) is 18.2 Å². The maximum Gasteiger partial charge on any atom is 0.247 e. The Bertz CT molecular complexity index is 763. The molecule has 1 amide bonds. The van der Waals surface area contributed by atoms with E-state index in [2.05, 4.69) is 0 Å². The Kier molecular flexibility index (Phi) is 4.74. The molecule has 2 aromatic rings. The molecule has 1 fully saturated rings. The molecule has 1 aliphatic carbocycles. The number of nitrogens with zero attached hydrogens (tertiary/aromatic N) is 1. The topological polar surface area (TPSA) is 20.3 Å². The molecule has 4 heteroatoms. The largest absolute Gasteiger partial charge is 0.332 e. The summed E-state index contributed by atoms with van der Waals surface area (Å²) in [6.07, 6.45) is 3.44. The van der Waals surface area contributed by atoms with Gasteiger partial charge in [0.1, 0.15) is 11.6 Å². The third kappa shape index (κ3) is 3.88. The van der Waals surface area contributed by atoms with Gasteiger partial charge in [-0.25, -0.2) is 8.78 Å². The van der Waals surface area contributed by atoms with Crippen molar-refractivity contribution in [3.8, 4) is 0 Å². The zero-order chi connectivity index (χ0) is 17.1. The first-order chi connectivity index (χ1) is 11.5. The van der Waals surface area contributed by atoms with Crippen molar-refractivity contribution in [2.45, 2.75) is 32.4 Å². The van der Waals surface area contributed by atoms with Gasteiger partial charge in [-0.05, 0) is 49.1 Å². The lowest BCUT2D eigenvalue weighted by Gasteiger charge is -2.21. The molecule has 0 unspecified atom stereocenters. The van der Waals surface area contributed by atoms with Crippen molar-refractivity contribution in [1.29, 1.82) is 0 Å². The lowest BCUT2D eigenvalue weighted by atomic mass is 10.1. The summed E-state index contributed by atoms with van der Waals surface area (Å²) in [5.74, 6) is -0.741. The zero-order valence-electron chi connectivity index (χ0n) is 13.5. The van der Waals surface area contributed by atoms with E-state index < -0.39 is 0 Å². The minimum absolute atomic E-state index is 0.137. The Balaban J connectivity index is 1.78. The molecule has 1 aliphatic rings. The van der Waals surface area contributed by atoms with Gasteiger partial charge in [0, 0.05) is 24.2 Å². The van der Waals surface area contributed by atoms with Gasteiger partial charge in [0.15, 0.2) is 0 Å². The number of hydrogen-bond acceptors (Lipinski definition) is 1. The molecule has 1 saturated carbocycles. The standard InChI is InChI=1S/C20H19F2NO/c1-14(15-6-8-17(21)9-7-15)12-20(24)23(18-10-11-18)13-16-4-2-3-5-19(16)22/h2-9,12,18H,10-11,13H2,1H3/b14-12+. The number of halogens is 2. The lowest BCUT2D eigenvalue weighted by molar-refractivity contribution is -0.127. The number of amides is 1. The summed E-state index contributed by atoms with van der Waals surface area (Å²) in [5, 5.41) is 0. The molecule has 0 radical (unpaired) electrons. The first kappa shape index (κ1) is 16.4. The van der Waals surface area contributed by atoms with Crippen LogP contribution >= 0.6 is 0 Å². The van der Waals surface area contributed by atoms with Crippen molar-refractivity contribution in [1.82, 2.24) is 4.90 Å². The molecule has 0 aliphatic heterocycles. The molecule has 2 nitrogen and oxygen atoms in total. The lowest BCUT2D eigenvalue weighted by Crippen LogP contribution is -2.31. The quantitative estimate of drug-likeness (QED) is 0.737. The number of benzene rings is 2. The Morgan fingerprint density at radius 2 is 1.79 bits per heavy atom. The average molecular weight is 327 g/mol. The molecule has 24 heavy (non-hydrogen) atoms. The van der Waals surface area contributed by atoms with Crippen LogP contribution in [0.25, 0.3) is 5.57 Å². The number of allylic oxidation sites excluding steroid dienone is 1. The van der Waals surface area contributed by atoms with Gasteiger partial charge in [0.2, 0.25) is 5.91 Å². The Labute approximate surface area is 140 Å². The Morgan fingerprint density at radius 3 is 2.42 bits per heavy atom. The summed E-state index contributed by atoms with van der Waals surface area (Å²) in [5.41, 5.74) is 2.08. The molecular weight excluding hydrogens is 308 g/mol. The molecule has 0 bridgehead atoms. The molecule has 0 heterocycles. The third-order valence-electron chi connectivity index (χ3n) is 4.21. The maximum atomic E-state index is 13.9. The van der Waals surface area contributed by atoms with Crippen LogP contribution in [-0.2, 0) is 11.3 Å². The van der Waals surface area contributed by atoms with Crippen LogP contribution in [-0.4, -0.2) is 16.8 Å². The first-order valence-electron chi connectivity index (χ1n) is 8.03. The second-order valence-electron chi connectivity index (χ2n) is 6.12. The fourth-order valence-electron chi connectivity index (χ4n) is 2.65. The van der Waals surface area contributed by atoms with E-state index in [0.29, 0.717) is 5.56 Å². The molecule has 2 aromatic carbocycles. The molecule has 0 aromatic heterocycles. The number of carbonyl (C=O) groups is 1. The van der Waals surface area contributed by atoms with Gasteiger partial charge in [-0.15, -0.1) is 0 Å². The van der Waals surface area contributed by atoms with Crippen LogP contribution in [0.15, 0.2) is 54.6 Å². The number of rotatable bonds is 5. The molecule has 0 atom stereocenters. The fourth-order valence-corrected chi connectivity index (χ4v) is 2.65. The van der Waals surface area contributed by atoms with Gasteiger partial charge in [-0.2, -0.15) is 0 Å². The normalized spacial score (nSPS) is 14.5. The highest BCUT2D eigenvalue weighted by Crippen LogP contribution is 2.29. The number of carbonyl (C=O) groups excluding carboxylic acids is 1. The summed E-state index contributed by atoms with van der Waals surface area (Å²) < 4.78 is 26.9. The smallest absolute Gasteiger partial charge is 0.247 e. The van der Waals surface area contributed by atoms with Gasteiger partial charge in [0.25, 0.3) is 0 Å². The fraction of sp³-hybridized carbons (Fsp3) is 0.250. The summed E-state index contributed by atoms with van der Waals surface area (Å²) in [6, 6.07) is 12.7. The van der Waals surface area contributed by atoms with E-state index in [1.54, 1.807) is 41.3 Å². The van der Waals surface area contributed by atoms with Gasteiger partial charge in [-0.3, -0.25) is 4.79 Å². The monoisotopic (exact) mass is 327 g/mol. The Hall–Kier alpha value is -2.49. The van der Waals surface area contributed by atoms with Crippen molar-refractivity contribution in [3.05, 3.63) is 77.4 Å². The molecule has 0 spiro atoms. The van der Waals surface area contributed by atoms with Crippen LogP contribution in [0, 0.1) is 11.6 Å². The molecule has 0 N–H and O–H groups in total. The van der Waals surface area contributed by atoms with Crippen LogP contribution in [0.5, 0.6) is 0 Å². The van der Waals surface area contributed by atoms with Gasteiger partial charge >= 0.3 is 0 Å². The van der Waals surface area contributed by atoms with E-state index in [4.69, 9.17) is 0 Å². The first-order valence-corrected chi connectivity index (χ1v) is 8.03. The third-order valence-corrected chi connectivity index (χ3v) is 4.21. The zero-order valence-corrected chi connectivity index (χ0v) is 13.5. The van der Waals surface area contributed by atoms with Crippen LogP contribution in [0.2, 0.25) is 0 Å². The second-order valence-corrected chi connectivity index (χ2v) is 6.12. The van der Waals surface area contributed by atoms with E-state index in [0.717, 1.165) is 24.0 Å². The highest BCUT2D eigenvalue weighted by atomic mass is 19.1.